The normalized spacial score (nSPS) is 40.3. The van der Waals surface area contributed by atoms with Gasteiger partial charge in [-0.05, 0) is 32.1 Å². The first-order valence-electron chi connectivity index (χ1n) is 5.83. The molecule has 0 spiro atoms. The van der Waals surface area contributed by atoms with Crippen LogP contribution in [-0.4, -0.2) is 43.3 Å². The Balaban J connectivity index is 1.82. The summed E-state index contributed by atoms with van der Waals surface area (Å²) in [6, 6.07) is 1.11. The van der Waals surface area contributed by atoms with Gasteiger partial charge in [0.15, 0.2) is 0 Å². The zero-order valence-electron chi connectivity index (χ0n) is 9.11. The lowest BCUT2D eigenvalue weighted by Crippen LogP contribution is -2.49. The van der Waals surface area contributed by atoms with Gasteiger partial charge in [-0.1, -0.05) is 0 Å². The molecule has 0 aromatic rings. The van der Waals surface area contributed by atoms with E-state index in [9.17, 15) is 0 Å². The molecule has 82 valence electrons. The number of hydrogen-bond acceptors (Lipinski definition) is 3. The lowest BCUT2D eigenvalue weighted by atomic mass is 9.98. The molecule has 3 heteroatoms. The highest BCUT2D eigenvalue weighted by atomic mass is 16.5. The summed E-state index contributed by atoms with van der Waals surface area (Å²) in [7, 11) is 0. The molecule has 0 aliphatic carbocycles. The van der Waals surface area contributed by atoms with Crippen LogP contribution in [0.25, 0.3) is 0 Å². The van der Waals surface area contributed by atoms with Crippen molar-refractivity contribution < 1.29 is 4.74 Å². The summed E-state index contributed by atoms with van der Waals surface area (Å²) < 4.78 is 5.40. The number of rotatable bonds is 2. The molecule has 2 rings (SSSR count). The molecule has 3 atom stereocenters. The summed E-state index contributed by atoms with van der Waals surface area (Å²) in [6.07, 6.45) is 3.69. The molecule has 0 aromatic carbocycles. The quantitative estimate of drug-likeness (QED) is 0.714. The van der Waals surface area contributed by atoms with Crippen molar-refractivity contribution in [3.63, 3.8) is 0 Å². The minimum absolute atomic E-state index is 0.397. The lowest BCUT2D eigenvalue weighted by molar-refractivity contribution is 0.113. The lowest BCUT2D eigenvalue weighted by Gasteiger charge is -2.37. The van der Waals surface area contributed by atoms with E-state index in [2.05, 4.69) is 11.8 Å². The van der Waals surface area contributed by atoms with Crippen molar-refractivity contribution in [2.75, 3.05) is 26.3 Å². The molecule has 14 heavy (non-hydrogen) atoms. The SMILES string of the molecule is CC1CCC(N)CN1CC1CCOC1. The first-order valence-corrected chi connectivity index (χ1v) is 5.83. The van der Waals surface area contributed by atoms with Crippen molar-refractivity contribution >= 4 is 0 Å². The van der Waals surface area contributed by atoms with Crippen LogP contribution in [-0.2, 0) is 4.74 Å². The van der Waals surface area contributed by atoms with Crippen molar-refractivity contribution in [1.29, 1.82) is 0 Å². The maximum absolute atomic E-state index is 5.99. The summed E-state index contributed by atoms with van der Waals surface area (Å²) in [6.45, 7) is 6.51. The standard InChI is InChI=1S/C11H22N2O/c1-9-2-3-11(12)7-13(9)6-10-4-5-14-8-10/h9-11H,2-8,12H2,1H3. The Labute approximate surface area is 86.6 Å². The Bertz CT molecular complexity index is 180. The van der Waals surface area contributed by atoms with Crippen LogP contribution >= 0.6 is 0 Å². The van der Waals surface area contributed by atoms with Gasteiger partial charge in [-0.25, -0.2) is 0 Å². The molecule has 0 amide bonds. The second kappa shape index (κ2) is 4.60. The summed E-state index contributed by atoms with van der Waals surface area (Å²) in [5.41, 5.74) is 5.99. The average molecular weight is 198 g/mol. The van der Waals surface area contributed by atoms with Crippen molar-refractivity contribution in [3.8, 4) is 0 Å². The van der Waals surface area contributed by atoms with Crippen LogP contribution in [0.4, 0.5) is 0 Å². The van der Waals surface area contributed by atoms with E-state index in [0.717, 1.165) is 31.7 Å². The Morgan fingerprint density at radius 2 is 2.21 bits per heavy atom. The molecule has 2 fully saturated rings. The van der Waals surface area contributed by atoms with Crippen LogP contribution in [0.3, 0.4) is 0 Å². The highest BCUT2D eigenvalue weighted by Crippen LogP contribution is 2.20. The first-order chi connectivity index (χ1) is 6.75. The van der Waals surface area contributed by atoms with Gasteiger partial charge in [-0.15, -0.1) is 0 Å². The molecular formula is C11H22N2O. The second-order valence-electron chi connectivity index (χ2n) is 4.87. The maximum Gasteiger partial charge on any atom is 0.0507 e. The van der Waals surface area contributed by atoms with E-state index in [1.165, 1.54) is 25.8 Å². The number of likely N-dealkylation sites (tertiary alicyclic amines) is 1. The van der Waals surface area contributed by atoms with E-state index in [4.69, 9.17) is 10.5 Å². The molecule has 2 saturated heterocycles. The molecule has 0 aromatic heterocycles. The van der Waals surface area contributed by atoms with Gasteiger partial charge in [-0.3, -0.25) is 4.90 Å². The molecule has 2 heterocycles. The molecule has 3 nitrogen and oxygen atoms in total. The number of nitrogens with two attached hydrogens (primary N) is 1. The second-order valence-corrected chi connectivity index (χ2v) is 4.87. The maximum atomic E-state index is 5.99. The van der Waals surface area contributed by atoms with E-state index >= 15 is 0 Å². The third-order valence-corrected chi connectivity index (χ3v) is 3.56. The number of ether oxygens (including phenoxy) is 1. The zero-order chi connectivity index (χ0) is 9.97. The molecular weight excluding hydrogens is 176 g/mol. The third-order valence-electron chi connectivity index (χ3n) is 3.56. The van der Waals surface area contributed by atoms with Gasteiger partial charge in [0.05, 0.1) is 6.61 Å². The van der Waals surface area contributed by atoms with Crippen LogP contribution in [0.1, 0.15) is 26.2 Å². The Morgan fingerprint density at radius 3 is 2.93 bits per heavy atom. The molecule has 0 radical (unpaired) electrons. The van der Waals surface area contributed by atoms with Gasteiger partial charge >= 0.3 is 0 Å². The van der Waals surface area contributed by atoms with Crippen molar-refractivity contribution in [2.24, 2.45) is 11.7 Å². The van der Waals surface area contributed by atoms with Crippen LogP contribution in [0.2, 0.25) is 0 Å². The Morgan fingerprint density at radius 1 is 1.36 bits per heavy atom. The topological polar surface area (TPSA) is 38.5 Å². The molecule has 3 unspecified atom stereocenters. The Hall–Kier alpha value is -0.120. The fourth-order valence-electron chi connectivity index (χ4n) is 2.52. The van der Waals surface area contributed by atoms with E-state index in [1.807, 2.05) is 0 Å². The van der Waals surface area contributed by atoms with Crippen molar-refractivity contribution in [3.05, 3.63) is 0 Å². The highest BCUT2D eigenvalue weighted by molar-refractivity contribution is 4.82. The van der Waals surface area contributed by atoms with Crippen molar-refractivity contribution in [2.45, 2.75) is 38.3 Å². The van der Waals surface area contributed by atoms with E-state index < -0.39 is 0 Å². The van der Waals surface area contributed by atoms with Crippen LogP contribution in [0, 0.1) is 5.92 Å². The highest BCUT2D eigenvalue weighted by Gasteiger charge is 2.26. The summed E-state index contributed by atoms with van der Waals surface area (Å²) >= 11 is 0. The predicted molar refractivity (Wildman–Crippen MR) is 57.2 cm³/mol. The number of piperidine rings is 1. The number of hydrogen-bond donors (Lipinski definition) is 1. The Kier molecular flexibility index (Phi) is 3.42. The van der Waals surface area contributed by atoms with Gasteiger partial charge in [0.2, 0.25) is 0 Å². The van der Waals surface area contributed by atoms with E-state index in [0.29, 0.717) is 6.04 Å². The number of nitrogens with zero attached hydrogens (tertiary/aromatic N) is 1. The van der Waals surface area contributed by atoms with Gasteiger partial charge in [0.1, 0.15) is 0 Å². The van der Waals surface area contributed by atoms with Gasteiger partial charge in [0.25, 0.3) is 0 Å². The summed E-state index contributed by atoms with van der Waals surface area (Å²) in [4.78, 5) is 2.55. The zero-order valence-corrected chi connectivity index (χ0v) is 9.11. The van der Waals surface area contributed by atoms with Crippen LogP contribution < -0.4 is 5.73 Å². The van der Waals surface area contributed by atoms with Gasteiger partial charge < -0.3 is 10.5 Å². The monoisotopic (exact) mass is 198 g/mol. The minimum atomic E-state index is 0.397. The van der Waals surface area contributed by atoms with E-state index in [1.54, 1.807) is 0 Å². The smallest absolute Gasteiger partial charge is 0.0507 e. The molecule has 0 bridgehead atoms. The third kappa shape index (κ3) is 2.47. The fraction of sp³-hybridized carbons (Fsp3) is 1.00. The van der Waals surface area contributed by atoms with E-state index in [-0.39, 0.29) is 0 Å². The van der Waals surface area contributed by atoms with Gasteiger partial charge in [-0.2, -0.15) is 0 Å². The van der Waals surface area contributed by atoms with Crippen LogP contribution in [0.5, 0.6) is 0 Å². The largest absolute Gasteiger partial charge is 0.381 e. The van der Waals surface area contributed by atoms with Crippen molar-refractivity contribution in [1.82, 2.24) is 4.90 Å². The van der Waals surface area contributed by atoms with Gasteiger partial charge in [0, 0.05) is 31.8 Å². The predicted octanol–water partition coefficient (Wildman–Crippen LogP) is 0.834. The molecule has 2 aliphatic rings. The van der Waals surface area contributed by atoms with Crippen LogP contribution in [0.15, 0.2) is 0 Å². The minimum Gasteiger partial charge on any atom is -0.381 e. The first kappa shape index (κ1) is 10.4. The molecule has 0 saturated carbocycles. The molecule has 2 N–H and O–H groups in total. The summed E-state index contributed by atoms with van der Waals surface area (Å²) in [5, 5.41) is 0. The fourth-order valence-corrected chi connectivity index (χ4v) is 2.52. The average Bonchev–Trinajstić information content (AvgIpc) is 2.64. The molecule has 2 aliphatic heterocycles. The summed E-state index contributed by atoms with van der Waals surface area (Å²) in [5.74, 6) is 0.753.